The number of ether oxygens (including phenoxy) is 7. The molecule has 0 aromatic heterocycles. The highest BCUT2D eigenvalue weighted by Gasteiger charge is 2.36. The Kier molecular flexibility index (Phi) is 24.4. The molecule has 13 nitrogen and oxygen atoms in total. The third-order valence-electron chi connectivity index (χ3n) is 5.07. The zero-order valence-electron chi connectivity index (χ0n) is 22.2. The summed E-state index contributed by atoms with van der Waals surface area (Å²) in [6.45, 7) is 7.87. The highest BCUT2D eigenvalue weighted by atomic mass is 16.5. The van der Waals surface area contributed by atoms with Gasteiger partial charge < -0.3 is 67.6 Å². The quantitative estimate of drug-likeness (QED) is 0.0543. The van der Waals surface area contributed by atoms with Crippen molar-refractivity contribution in [2.45, 2.75) is 6.42 Å². The molecule has 0 radical (unpaired) electrons. The van der Waals surface area contributed by atoms with E-state index in [0.29, 0.717) is 132 Å². The van der Waals surface area contributed by atoms with Crippen molar-refractivity contribution in [1.29, 1.82) is 0 Å². The number of hydrogen-bond acceptors (Lipinski definition) is 13. The van der Waals surface area contributed by atoms with Gasteiger partial charge in [-0.1, -0.05) is 0 Å². The molecule has 0 spiro atoms. The van der Waals surface area contributed by atoms with E-state index in [0.717, 1.165) is 6.42 Å². The lowest BCUT2D eigenvalue weighted by molar-refractivity contribution is -0.141. The summed E-state index contributed by atoms with van der Waals surface area (Å²) < 4.78 is 41.3. The molecule has 0 saturated heterocycles. The van der Waals surface area contributed by atoms with E-state index in [4.69, 9.17) is 67.6 Å². The maximum atomic E-state index is 6.31. The van der Waals surface area contributed by atoms with Crippen molar-refractivity contribution in [3.63, 3.8) is 0 Å². The first-order chi connectivity index (χ1) is 17.6. The molecule has 0 aliphatic rings. The third-order valence-corrected chi connectivity index (χ3v) is 5.07. The van der Waals surface area contributed by atoms with E-state index >= 15 is 0 Å². The topological polar surface area (TPSA) is 221 Å². The lowest BCUT2D eigenvalue weighted by atomic mass is 9.90. The highest BCUT2D eigenvalue weighted by molar-refractivity contribution is 4.83. The molecule has 0 saturated carbocycles. The molecule has 0 bridgehead atoms. The van der Waals surface area contributed by atoms with Crippen LogP contribution in [0.15, 0.2) is 0 Å². The van der Waals surface area contributed by atoms with E-state index in [-0.39, 0.29) is 0 Å². The van der Waals surface area contributed by atoms with Gasteiger partial charge in [0.2, 0.25) is 0 Å². The van der Waals surface area contributed by atoms with Gasteiger partial charge in [-0.25, -0.2) is 0 Å². The Balaban J connectivity index is 5.52. The molecule has 0 amide bonds. The van der Waals surface area contributed by atoms with Crippen LogP contribution in [0.3, 0.4) is 0 Å². The Bertz CT molecular complexity index is 432. The van der Waals surface area contributed by atoms with Gasteiger partial charge in [0.25, 0.3) is 0 Å². The van der Waals surface area contributed by atoms with Crippen molar-refractivity contribution in [2.75, 3.05) is 132 Å². The fourth-order valence-electron chi connectivity index (χ4n) is 3.32. The van der Waals surface area contributed by atoms with Gasteiger partial charge in [0.05, 0.1) is 96.7 Å². The van der Waals surface area contributed by atoms with Crippen molar-refractivity contribution < 1.29 is 33.2 Å². The summed E-state index contributed by atoms with van der Waals surface area (Å²) >= 11 is 0. The fourth-order valence-corrected chi connectivity index (χ4v) is 3.32. The van der Waals surface area contributed by atoms with Crippen LogP contribution in [0, 0.1) is 10.8 Å². The highest BCUT2D eigenvalue weighted by Crippen LogP contribution is 2.25. The summed E-state index contributed by atoms with van der Waals surface area (Å²) in [5.74, 6) is 0. The largest absolute Gasteiger partial charge is 0.381 e. The van der Waals surface area contributed by atoms with Crippen LogP contribution in [0.5, 0.6) is 0 Å². The van der Waals surface area contributed by atoms with Gasteiger partial charge in [0, 0.05) is 39.3 Å². The smallest absolute Gasteiger partial charge is 0.0637 e. The first kappa shape index (κ1) is 35.5. The Hall–Kier alpha value is -0.520. The Labute approximate surface area is 217 Å². The molecule has 0 aliphatic heterocycles. The van der Waals surface area contributed by atoms with Crippen LogP contribution in [-0.2, 0) is 33.2 Å². The van der Waals surface area contributed by atoms with Gasteiger partial charge in [-0.15, -0.1) is 0 Å². The Morgan fingerprint density at radius 3 is 0.806 bits per heavy atom. The van der Waals surface area contributed by atoms with E-state index in [1.807, 2.05) is 0 Å². The Morgan fingerprint density at radius 1 is 0.306 bits per heavy atom. The minimum absolute atomic E-state index is 0.297. The molecular formula is C23H54N6O7. The number of hydrogen-bond donors (Lipinski definition) is 6. The third kappa shape index (κ3) is 17.9. The minimum Gasteiger partial charge on any atom is -0.381 e. The molecule has 0 atom stereocenters. The van der Waals surface area contributed by atoms with Gasteiger partial charge in [-0.3, -0.25) is 0 Å². The van der Waals surface area contributed by atoms with Crippen LogP contribution in [0.25, 0.3) is 0 Å². The predicted octanol–water partition coefficient (Wildman–Crippen LogP) is -2.78. The van der Waals surface area contributed by atoms with Gasteiger partial charge >= 0.3 is 0 Å². The SMILES string of the molecule is NCCCOCC(COCCN)(COCCN)COCC(COCCN)(COCCN)COCCN. The molecular weight excluding hydrogens is 472 g/mol. The van der Waals surface area contributed by atoms with Gasteiger partial charge in [-0.05, 0) is 13.0 Å². The average Bonchev–Trinajstić information content (AvgIpc) is 2.87. The first-order valence-corrected chi connectivity index (χ1v) is 12.8. The fraction of sp³-hybridized carbons (Fsp3) is 1.00. The lowest BCUT2D eigenvalue weighted by Crippen LogP contribution is -2.46. The van der Waals surface area contributed by atoms with E-state index < -0.39 is 10.8 Å². The average molecular weight is 527 g/mol. The molecule has 0 aromatic carbocycles. The second kappa shape index (κ2) is 24.8. The zero-order chi connectivity index (χ0) is 26.8. The van der Waals surface area contributed by atoms with Gasteiger partial charge in [0.15, 0.2) is 0 Å². The van der Waals surface area contributed by atoms with Crippen molar-refractivity contribution >= 4 is 0 Å². The van der Waals surface area contributed by atoms with Crippen molar-refractivity contribution in [3.05, 3.63) is 0 Å². The van der Waals surface area contributed by atoms with Crippen molar-refractivity contribution in [2.24, 2.45) is 45.2 Å². The molecule has 218 valence electrons. The molecule has 0 heterocycles. The van der Waals surface area contributed by atoms with E-state index in [1.54, 1.807) is 0 Å². The number of nitrogens with two attached hydrogens (primary N) is 6. The summed E-state index contributed by atoms with van der Waals surface area (Å²) in [5.41, 5.74) is 32.6. The van der Waals surface area contributed by atoms with Crippen molar-refractivity contribution in [1.82, 2.24) is 0 Å². The maximum Gasteiger partial charge on any atom is 0.0637 e. The summed E-state index contributed by atoms with van der Waals surface area (Å²) in [6.07, 6.45) is 0.753. The molecule has 13 heteroatoms. The van der Waals surface area contributed by atoms with Crippen LogP contribution >= 0.6 is 0 Å². The molecule has 0 unspecified atom stereocenters. The van der Waals surface area contributed by atoms with Crippen LogP contribution in [0.4, 0.5) is 0 Å². The second-order valence-electron chi connectivity index (χ2n) is 8.89. The molecule has 0 aliphatic carbocycles. The zero-order valence-corrected chi connectivity index (χ0v) is 22.2. The molecule has 12 N–H and O–H groups in total. The normalized spacial score (nSPS) is 12.5. The Morgan fingerprint density at radius 2 is 0.556 bits per heavy atom. The first-order valence-electron chi connectivity index (χ1n) is 12.8. The summed E-state index contributed by atoms with van der Waals surface area (Å²) in [6, 6.07) is 0. The van der Waals surface area contributed by atoms with Crippen molar-refractivity contribution in [3.8, 4) is 0 Å². The molecule has 0 fully saturated rings. The van der Waals surface area contributed by atoms with Crippen LogP contribution in [-0.4, -0.2) is 132 Å². The predicted molar refractivity (Wildman–Crippen MR) is 140 cm³/mol. The van der Waals surface area contributed by atoms with E-state index in [1.165, 1.54) is 0 Å². The maximum absolute atomic E-state index is 6.31. The lowest BCUT2D eigenvalue weighted by Gasteiger charge is -2.36. The minimum atomic E-state index is -0.581. The van der Waals surface area contributed by atoms with Crippen LogP contribution < -0.4 is 34.4 Å². The summed E-state index contributed by atoms with van der Waals surface area (Å²) in [7, 11) is 0. The molecule has 0 rings (SSSR count). The van der Waals surface area contributed by atoms with Gasteiger partial charge in [-0.2, -0.15) is 0 Å². The monoisotopic (exact) mass is 526 g/mol. The van der Waals surface area contributed by atoms with E-state index in [2.05, 4.69) is 0 Å². The summed E-state index contributed by atoms with van der Waals surface area (Å²) in [4.78, 5) is 0. The van der Waals surface area contributed by atoms with E-state index in [9.17, 15) is 0 Å². The van der Waals surface area contributed by atoms with Crippen LogP contribution in [0.1, 0.15) is 6.42 Å². The second-order valence-corrected chi connectivity index (χ2v) is 8.89. The summed E-state index contributed by atoms with van der Waals surface area (Å²) in [5, 5.41) is 0. The molecule has 36 heavy (non-hydrogen) atoms. The standard InChI is InChI=1S/C23H54N6O7/c24-2-1-8-30-14-22(15-31-9-3-25,16-32-10-4-26)20-36-21-23(17-33-11-5-27,18-34-12-6-28)19-35-13-7-29/h1-21,24-29H2. The molecule has 0 aromatic rings. The van der Waals surface area contributed by atoms with Gasteiger partial charge in [0.1, 0.15) is 0 Å². The van der Waals surface area contributed by atoms with Crippen LogP contribution in [0.2, 0.25) is 0 Å². The number of rotatable bonds is 29.